The van der Waals surface area contributed by atoms with Crippen LogP contribution in [0.4, 0.5) is 25.0 Å². The van der Waals surface area contributed by atoms with E-state index < -0.39 is 29.6 Å². The number of aryl methyl sites for hydroxylation is 1. The van der Waals surface area contributed by atoms with Gasteiger partial charge in [0.2, 0.25) is 6.41 Å². The third-order valence-electron chi connectivity index (χ3n) is 6.95. The van der Waals surface area contributed by atoms with Crippen LogP contribution in [0.15, 0.2) is 85.0 Å². The van der Waals surface area contributed by atoms with Crippen molar-refractivity contribution in [1.29, 1.82) is 0 Å². The zero-order valence-electron chi connectivity index (χ0n) is 24.8. The number of benzene rings is 3. The van der Waals surface area contributed by atoms with Gasteiger partial charge in [0.1, 0.15) is 11.6 Å². The molecule has 0 radical (unpaired) electrons. The van der Waals surface area contributed by atoms with Crippen molar-refractivity contribution in [2.75, 3.05) is 10.2 Å². The van der Waals surface area contributed by atoms with Gasteiger partial charge in [0.25, 0.3) is 5.91 Å². The first kappa shape index (κ1) is 30.6. The Morgan fingerprint density at radius 1 is 1.04 bits per heavy atom. The molecular formula is C32H29F2N7O4. The van der Waals surface area contributed by atoms with Crippen molar-refractivity contribution in [3.8, 4) is 22.6 Å². The highest BCUT2D eigenvalue weighted by molar-refractivity contribution is 6.07. The number of halogens is 2. The van der Waals surface area contributed by atoms with Crippen LogP contribution in [0.1, 0.15) is 20.8 Å². The Morgan fingerprint density at radius 2 is 1.80 bits per heavy atom. The van der Waals surface area contributed by atoms with Gasteiger partial charge in [-0.1, -0.05) is 0 Å². The van der Waals surface area contributed by atoms with E-state index in [0.717, 1.165) is 39.6 Å². The number of anilines is 2. The molecule has 0 unspecified atom stereocenters. The fourth-order valence-corrected chi connectivity index (χ4v) is 4.53. The number of hydrogen-bond donors (Lipinski definition) is 2. The molecule has 230 valence electrons. The fourth-order valence-electron chi connectivity index (χ4n) is 4.53. The van der Waals surface area contributed by atoms with Crippen molar-refractivity contribution in [3.05, 3.63) is 96.6 Å². The van der Waals surface area contributed by atoms with Crippen LogP contribution in [0, 0.1) is 11.6 Å². The zero-order chi connectivity index (χ0) is 32.2. The molecule has 0 atom stereocenters. The maximum atomic E-state index is 15.3. The molecule has 0 aliphatic rings. The summed E-state index contributed by atoms with van der Waals surface area (Å²) < 4.78 is 36.3. The van der Waals surface area contributed by atoms with Gasteiger partial charge in [-0.05, 0) is 69.3 Å². The number of carbonyl (C=O) groups is 3. The maximum absolute atomic E-state index is 15.3. The van der Waals surface area contributed by atoms with E-state index in [1.807, 2.05) is 13.1 Å². The molecule has 45 heavy (non-hydrogen) atoms. The predicted molar refractivity (Wildman–Crippen MR) is 164 cm³/mol. The number of ether oxygens (including phenoxy) is 1. The summed E-state index contributed by atoms with van der Waals surface area (Å²) in [5, 5.41) is 14.4. The third kappa shape index (κ3) is 6.56. The molecule has 0 aliphatic heterocycles. The number of amides is 4. The van der Waals surface area contributed by atoms with Gasteiger partial charge < -0.3 is 10.1 Å². The smallest absolute Gasteiger partial charge is 0.335 e. The number of imide groups is 1. The van der Waals surface area contributed by atoms with Crippen molar-refractivity contribution < 1.29 is 27.9 Å². The summed E-state index contributed by atoms with van der Waals surface area (Å²) in [5.74, 6) is -1.54. The van der Waals surface area contributed by atoms with Crippen molar-refractivity contribution in [3.63, 3.8) is 0 Å². The van der Waals surface area contributed by atoms with E-state index in [0.29, 0.717) is 17.7 Å². The summed E-state index contributed by atoms with van der Waals surface area (Å²) >= 11 is 0. The summed E-state index contributed by atoms with van der Waals surface area (Å²) in [6.07, 6.45) is 6.61. The van der Waals surface area contributed by atoms with Crippen LogP contribution in [0.5, 0.6) is 11.5 Å². The van der Waals surface area contributed by atoms with Gasteiger partial charge in [-0.25, -0.2) is 18.5 Å². The van der Waals surface area contributed by atoms with Gasteiger partial charge in [-0.15, -0.1) is 0 Å². The molecule has 5 aromatic rings. The van der Waals surface area contributed by atoms with E-state index in [1.54, 1.807) is 43.2 Å². The molecule has 2 aromatic heterocycles. The predicted octanol–water partition coefficient (Wildman–Crippen LogP) is 6.37. The second-order valence-corrected chi connectivity index (χ2v) is 10.4. The van der Waals surface area contributed by atoms with Crippen LogP contribution in [-0.2, 0) is 16.6 Å². The van der Waals surface area contributed by atoms with Crippen LogP contribution < -0.4 is 15.0 Å². The Bertz CT molecular complexity index is 1900. The minimum absolute atomic E-state index is 0.0698. The summed E-state index contributed by atoms with van der Waals surface area (Å²) in [6.45, 7) is 4.87. The molecule has 0 bridgehead atoms. The molecule has 11 nitrogen and oxygen atoms in total. The summed E-state index contributed by atoms with van der Waals surface area (Å²) in [5.41, 5.74) is 2.69. The Labute approximate surface area is 256 Å². The Morgan fingerprint density at radius 3 is 2.44 bits per heavy atom. The molecule has 2 N–H and O–H groups in total. The first-order valence-electron chi connectivity index (χ1n) is 13.8. The lowest BCUT2D eigenvalue weighted by atomic mass is 10.1. The van der Waals surface area contributed by atoms with E-state index >= 15 is 4.39 Å². The first-order valence-corrected chi connectivity index (χ1v) is 13.8. The normalized spacial score (nSPS) is 11.5. The number of fused-ring (bicyclic) bond motifs is 1. The monoisotopic (exact) mass is 613 g/mol. The van der Waals surface area contributed by atoms with Gasteiger partial charge >= 0.3 is 6.03 Å². The zero-order valence-corrected chi connectivity index (χ0v) is 24.8. The lowest BCUT2D eigenvalue weighted by molar-refractivity contribution is -0.112. The Kier molecular flexibility index (Phi) is 8.70. The molecular weight excluding hydrogens is 584 g/mol. The number of carbonyl (C=O) groups excluding carboxylic acids is 3. The maximum Gasteiger partial charge on any atom is 0.335 e. The number of hydrogen-bond acceptors (Lipinski definition) is 6. The Balaban J connectivity index is 1.33. The summed E-state index contributed by atoms with van der Waals surface area (Å²) in [7, 11) is 1.82. The van der Waals surface area contributed by atoms with E-state index in [1.165, 1.54) is 42.3 Å². The highest BCUT2D eigenvalue weighted by atomic mass is 19.1. The van der Waals surface area contributed by atoms with E-state index in [2.05, 4.69) is 20.6 Å². The van der Waals surface area contributed by atoms with Crippen molar-refractivity contribution in [1.82, 2.24) is 24.9 Å². The molecule has 3 aromatic carbocycles. The molecule has 0 aliphatic carbocycles. The number of rotatable bonds is 9. The molecule has 13 heteroatoms. The van der Waals surface area contributed by atoms with Gasteiger partial charge in [0.15, 0.2) is 11.6 Å². The van der Waals surface area contributed by atoms with Crippen molar-refractivity contribution in [2.24, 2.45) is 7.05 Å². The third-order valence-corrected chi connectivity index (χ3v) is 6.95. The minimum Gasteiger partial charge on any atom is -0.454 e. The molecule has 0 saturated carbocycles. The first-order chi connectivity index (χ1) is 21.5. The highest BCUT2D eigenvalue weighted by Crippen LogP contribution is 2.37. The van der Waals surface area contributed by atoms with E-state index in [9.17, 15) is 18.8 Å². The SMILES string of the molecule is C/C(=C\N(C(=O)N(C=O)c1ccc(F)cc1)C(C)C)C(=O)Nc1ccc(Oc2cc3cnn(C)c3cc2-c2cn[nH]c2)c(F)c1. The van der Waals surface area contributed by atoms with E-state index in [-0.39, 0.29) is 22.7 Å². The minimum atomic E-state index is -0.745. The Hall–Kier alpha value is -5.85. The van der Waals surface area contributed by atoms with Crippen LogP contribution in [-0.4, -0.2) is 49.3 Å². The average molecular weight is 614 g/mol. The van der Waals surface area contributed by atoms with E-state index in [4.69, 9.17) is 4.74 Å². The molecule has 0 spiro atoms. The quantitative estimate of drug-likeness (QED) is 0.147. The largest absolute Gasteiger partial charge is 0.454 e. The van der Waals surface area contributed by atoms with Crippen molar-refractivity contribution in [2.45, 2.75) is 26.8 Å². The van der Waals surface area contributed by atoms with Crippen LogP contribution >= 0.6 is 0 Å². The molecule has 4 amide bonds. The number of nitrogens with one attached hydrogen (secondary N) is 2. The topological polar surface area (TPSA) is 125 Å². The lowest BCUT2D eigenvalue weighted by Gasteiger charge is -2.28. The number of nitrogens with zero attached hydrogens (tertiary/aromatic N) is 5. The molecule has 2 heterocycles. The fraction of sp³-hybridized carbons (Fsp3) is 0.156. The number of aromatic amines is 1. The molecule has 0 fully saturated rings. The van der Waals surface area contributed by atoms with Crippen molar-refractivity contribution >= 4 is 40.6 Å². The number of H-pyrrole nitrogens is 1. The van der Waals surface area contributed by atoms with Crippen LogP contribution in [0.2, 0.25) is 0 Å². The standard InChI is InChI=1S/C32H29F2N7O4/c1-19(2)40(32(44)41(18-42)25-8-5-23(33)6-9-25)17-20(3)31(43)38-24-7-10-29(27(34)12-24)45-30-11-21-16-37-39(4)28(21)13-26(30)22-14-35-36-15-22/h5-19H,1-4H3,(H,35,36)(H,38,43)/b20-17+. The summed E-state index contributed by atoms with van der Waals surface area (Å²) in [6, 6.07) is 11.3. The molecule has 0 saturated heterocycles. The van der Waals surface area contributed by atoms with Gasteiger partial charge in [-0.2, -0.15) is 10.2 Å². The number of urea groups is 1. The second kappa shape index (κ2) is 12.8. The van der Waals surface area contributed by atoms with Gasteiger partial charge in [-0.3, -0.25) is 24.3 Å². The lowest BCUT2D eigenvalue weighted by Crippen LogP contribution is -2.43. The van der Waals surface area contributed by atoms with Crippen LogP contribution in [0.25, 0.3) is 22.0 Å². The van der Waals surface area contributed by atoms with Gasteiger partial charge in [0, 0.05) is 59.3 Å². The van der Waals surface area contributed by atoms with Crippen LogP contribution in [0.3, 0.4) is 0 Å². The van der Waals surface area contributed by atoms with Gasteiger partial charge in [0.05, 0.1) is 23.6 Å². The molecule has 5 rings (SSSR count). The number of aromatic nitrogens is 4. The second-order valence-electron chi connectivity index (χ2n) is 10.4. The highest BCUT2D eigenvalue weighted by Gasteiger charge is 2.24. The summed E-state index contributed by atoms with van der Waals surface area (Å²) in [4.78, 5) is 40.0. The average Bonchev–Trinajstić information content (AvgIpc) is 3.68.